The third-order valence-corrected chi connectivity index (χ3v) is 4.97. The number of nitrogens with one attached hydrogen (secondary N) is 1. The van der Waals surface area contributed by atoms with Crippen LogP contribution in [0.25, 0.3) is 16.7 Å². The number of halogens is 1. The van der Waals surface area contributed by atoms with Gasteiger partial charge in [0.25, 0.3) is 0 Å². The van der Waals surface area contributed by atoms with Crippen molar-refractivity contribution < 1.29 is 4.79 Å². The van der Waals surface area contributed by atoms with Crippen molar-refractivity contribution in [1.29, 1.82) is 0 Å². The smallest absolute Gasteiger partial charge is 0.234 e. The summed E-state index contributed by atoms with van der Waals surface area (Å²) in [4.78, 5) is 24.8. The van der Waals surface area contributed by atoms with Crippen LogP contribution in [0.5, 0.6) is 0 Å². The molecule has 0 atom stereocenters. The van der Waals surface area contributed by atoms with Gasteiger partial charge >= 0.3 is 0 Å². The van der Waals surface area contributed by atoms with Crippen LogP contribution >= 0.6 is 23.4 Å². The monoisotopic (exact) mass is 400 g/mol. The highest BCUT2D eigenvalue weighted by Crippen LogP contribution is 2.26. The van der Waals surface area contributed by atoms with Crippen molar-refractivity contribution in [1.82, 2.24) is 34.5 Å². The number of benzene rings is 1. The van der Waals surface area contributed by atoms with Gasteiger partial charge in [-0.05, 0) is 18.2 Å². The van der Waals surface area contributed by atoms with Crippen molar-refractivity contribution in [2.75, 3.05) is 11.1 Å². The largest absolute Gasteiger partial charge is 0.323 e. The van der Waals surface area contributed by atoms with Crippen molar-refractivity contribution in [2.45, 2.75) is 5.03 Å². The predicted molar refractivity (Wildman–Crippen MR) is 102 cm³/mol. The third-order valence-electron chi connectivity index (χ3n) is 3.73. The molecule has 1 amide bonds. The fourth-order valence-corrected chi connectivity index (χ4v) is 3.45. The number of anilines is 1. The van der Waals surface area contributed by atoms with Gasteiger partial charge in [0.1, 0.15) is 24.0 Å². The summed E-state index contributed by atoms with van der Waals surface area (Å²) in [5.41, 5.74) is 1.94. The van der Waals surface area contributed by atoms with Gasteiger partial charge in [-0.2, -0.15) is 10.2 Å². The minimum atomic E-state index is -0.195. The normalized spacial score (nSPS) is 11.0. The average molecular weight is 401 g/mol. The molecule has 3 heterocycles. The molecule has 11 heteroatoms. The molecule has 0 saturated carbocycles. The quantitative estimate of drug-likeness (QED) is 0.405. The zero-order valence-electron chi connectivity index (χ0n) is 14.1. The van der Waals surface area contributed by atoms with Crippen molar-refractivity contribution in [3.8, 4) is 5.69 Å². The van der Waals surface area contributed by atoms with E-state index in [9.17, 15) is 4.79 Å². The summed E-state index contributed by atoms with van der Waals surface area (Å²) >= 11 is 7.39. The van der Waals surface area contributed by atoms with E-state index in [4.69, 9.17) is 11.6 Å². The van der Waals surface area contributed by atoms with Gasteiger partial charge < -0.3 is 5.32 Å². The maximum Gasteiger partial charge on any atom is 0.234 e. The van der Waals surface area contributed by atoms with Gasteiger partial charge in [0.2, 0.25) is 5.91 Å². The van der Waals surface area contributed by atoms with Gasteiger partial charge in [0.05, 0.1) is 28.7 Å². The first-order valence-electron chi connectivity index (χ1n) is 7.82. The van der Waals surface area contributed by atoms with Crippen LogP contribution in [0, 0.1) is 0 Å². The van der Waals surface area contributed by atoms with Crippen molar-refractivity contribution in [2.24, 2.45) is 7.05 Å². The molecule has 0 fully saturated rings. The Morgan fingerprint density at radius 1 is 1.26 bits per heavy atom. The van der Waals surface area contributed by atoms with Gasteiger partial charge in [-0.15, -0.1) is 0 Å². The van der Waals surface area contributed by atoms with Crippen LogP contribution in [0.3, 0.4) is 0 Å². The first-order valence-corrected chi connectivity index (χ1v) is 9.18. The average Bonchev–Trinajstić information content (AvgIpc) is 3.31. The highest BCUT2D eigenvalue weighted by Gasteiger charge is 2.13. The molecule has 0 aliphatic heterocycles. The highest BCUT2D eigenvalue weighted by atomic mass is 35.5. The Kier molecular flexibility index (Phi) is 4.73. The van der Waals surface area contributed by atoms with E-state index in [1.165, 1.54) is 24.4 Å². The number of carbonyl (C=O) groups is 1. The lowest BCUT2D eigenvalue weighted by molar-refractivity contribution is -0.113. The summed E-state index contributed by atoms with van der Waals surface area (Å²) in [5.74, 6) is -0.0242. The van der Waals surface area contributed by atoms with E-state index in [1.807, 2.05) is 0 Å². The van der Waals surface area contributed by atoms with E-state index in [-0.39, 0.29) is 11.7 Å². The Morgan fingerprint density at radius 2 is 2.15 bits per heavy atom. The molecule has 1 N–H and O–H groups in total. The van der Waals surface area contributed by atoms with Gasteiger partial charge in [0.15, 0.2) is 5.65 Å². The molecule has 0 radical (unpaired) electrons. The number of aromatic nitrogens is 7. The van der Waals surface area contributed by atoms with Crippen LogP contribution in [0.4, 0.5) is 5.69 Å². The number of thioether (sulfide) groups is 1. The Hall–Kier alpha value is -2.98. The Balaban J connectivity index is 1.51. The van der Waals surface area contributed by atoms with Crippen LogP contribution in [-0.2, 0) is 11.8 Å². The summed E-state index contributed by atoms with van der Waals surface area (Å²) in [6.45, 7) is 0. The minimum absolute atomic E-state index is 0.171. The standard InChI is InChI=1S/C16H13ClN8OS/c1-24-15-11(5-21-24)16(20-8-19-15)27-6-14(26)23-12-4-10(17)2-3-13(12)25-9-18-7-22-25/h2-5,7-9H,6H2,1H3,(H,23,26). The number of rotatable bonds is 5. The molecule has 0 spiro atoms. The fourth-order valence-electron chi connectivity index (χ4n) is 2.52. The number of hydrogen-bond acceptors (Lipinski definition) is 7. The third kappa shape index (κ3) is 3.62. The minimum Gasteiger partial charge on any atom is -0.323 e. The molecule has 4 aromatic rings. The number of aryl methyl sites for hydroxylation is 1. The molecule has 0 aliphatic carbocycles. The molecule has 0 saturated heterocycles. The molecule has 0 unspecified atom stereocenters. The van der Waals surface area contributed by atoms with E-state index < -0.39 is 0 Å². The second-order valence-corrected chi connectivity index (χ2v) is 6.92. The molecule has 9 nitrogen and oxygen atoms in total. The summed E-state index contributed by atoms with van der Waals surface area (Å²) in [5, 5.41) is 13.1. The first kappa shape index (κ1) is 17.4. The Bertz CT molecular complexity index is 1110. The molecular formula is C16H13ClN8OS. The van der Waals surface area contributed by atoms with E-state index in [0.29, 0.717) is 21.4 Å². The molecule has 3 aromatic heterocycles. The topological polar surface area (TPSA) is 103 Å². The Labute approximate surface area is 162 Å². The van der Waals surface area contributed by atoms with E-state index in [0.717, 1.165) is 11.0 Å². The van der Waals surface area contributed by atoms with Crippen molar-refractivity contribution in [3.63, 3.8) is 0 Å². The van der Waals surface area contributed by atoms with Crippen molar-refractivity contribution >= 4 is 46.0 Å². The number of nitrogens with zero attached hydrogens (tertiary/aromatic N) is 7. The van der Waals surface area contributed by atoms with Crippen LogP contribution in [0.1, 0.15) is 0 Å². The SMILES string of the molecule is Cn1ncc2c(SCC(=O)Nc3cc(Cl)ccc3-n3cncn3)ncnc21. The summed E-state index contributed by atoms with van der Waals surface area (Å²) < 4.78 is 3.22. The number of fused-ring (bicyclic) bond motifs is 1. The van der Waals surface area contributed by atoms with Crippen LogP contribution < -0.4 is 5.32 Å². The van der Waals surface area contributed by atoms with Gasteiger partial charge in [-0.25, -0.2) is 19.6 Å². The zero-order valence-corrected chi connectivity index (χ0v) is 15.6. The highest BCUT2D eigenvalue weighted by molar-refractivity contribution is 8.00. The maximum atomic E-state index is 12.5. The molecular weight excluding hydrogens is 388 g/mol. The lowest BCUT2D eigenvalue weighted by Gasteiger charge is -2.11. The lowest BCUT2D eigenvalue weighted by atomic mass is 10.2. The summed E-state index contributed by atoms with van der Waals surface area (Å²) in [6, 6.07) is 5.16. The fraction of sp³-hybridized carbons (Fsp3) is 0.125. The second kappa shape index (κ2) is 7.33. The summed E-state index contributed by atoms with van der Waals surface area (Å²) in [6.07, 6.45) is 6.12. The number of hydrogen-bond donors (Lipinski definition) is 1. The molecule has 136 valence electrons. The van der Waals surface area contributed by atoms with Crippen molar-refractivity contribution in [3.05, 3.63) is 48.4 Å². The number of amides is 1. The molecule has 0 aliphatic rings. The van der Waals surface area contributed by atoms with Gasteiger partial charge in [-0.1, -0.05) is 23.4 Å². The maximum absolute atomic E-state index is 12.5. The predicted octanol–water partition coefficient (Wildman–Crippen LogP) is 2.33. The zero-order chi connectivity index (χ0) is 18.8. The van der Waals surface area contributed by atoms with Crippen LogP contribution in [0.15, 0.2) is 48.4 Å². The second-order valence-electron chi connectivity index (χ2n) is 5.52. The molecule has 0 bridgehead atoms. The van der Waals surface area contributed by atoms with E-state index >= 15 is 0 Å². The molecule has 4 rings (SSSR count). The van der Waals surface area contributed by atoms with Crippen LogP contribution in [-0.4, -0.2) is 46.2 Å². The molecule has 27 heavy (non-hydrogen) atoms. The van der Waals surface area contributed by atoms with Crippen LogP contribution in [0.2, 0.25) is 5.02 Å². The molecule has 1 aromatic carbocycles. The summed E-state index contributed by atoms with van der Waals surface area (Å²) in [7, 11) is 1.81. The van der Waals surface area contributed by atoms with E-state index in [1.54, 1.807) is 47.1 Å². The van der Waals surface area contributed by atoms with E-state index in [2.05, 4.69) is 30.5 Å². The van der Waals surface area contributed by atoms with Gasteiger partial charge in [-0.3, -0.25) is 9.48 Å². The Morgan fingerprint density at radius 3 is 2.96 bits per heavy atom. The number of carbonyl (C=O) groups excluding carboxylic acids is 1. The van der Waals surface area contributed by atoms with Gasteiger partial charge in [0, 0.05) is 12.1 Å². The first-order chi connectivity index (χ1) is 13.1. The lowest BCUT2D eigenvalue weighted by Crippen LogP contribution is -2.16.